The standard InChI is InChI=1S/C19H33N/c1-18(2)15-9-10-19(3,12-15)17(18)20-16-6-4-5-14(11-16)13-7-8-13/h13-17,20H,4-12H2,1-3H3. The first-order valence-electron chi connectivity index (χ1n) is 9.25. The number of hydrogen-bond acceptors (Lipinski definition) is 1. The van der Waals surface area contributed by atoms with E-state index < -0.39 is 0 Å². The van der Waals surface area contributed by atoms with Crippen molar-refractivity contribution in [3.05, 3.63) is 0 Å². The van der Waals surface area contributed by atoms with Crippen LogP contribution in [-0.4, -0.2) is 12.1 Å². The summed E-state index contributed by atoms with van der Waals surface area (Å²) in [4.78, 5) is 0. The van der Waals surface area contributed by atoms with E-state index in [1.165, 1.54) is 57.8 Å². The number of hydrogen-bond donors (Lipinski definition) is 1. The van der Waals surface area contributed by atoms with Gasteiger partial charge in [-0.3, -0.25) is 0 Å². The maximum absolute atomic E-state index is 4.19. The molecule has 0 heterocycles. The fraction of sp³-hybridized carbons (Fsp3) is 1.00. The van der Waals surface area contributed by atoms with Crippen LogP contribution < -0.4 is 5.32 Å². The molecule has 0 amide bonds. The van der Waals surface area contributed by atoms with Gasteiger partial charge in [-0.05, 0) is 73.5 Å². The SMILES string of the molecule is CC12CCC(C1)C(C)(C)C2NC1CCCC(C2CC2)C1. The molecular formula is C19H33N. The molecule has 0 saturated heterocycles. The summed E-state index contributed by atoms with van der Waals surface area (Å²) in [6.45, 7) is 7.66. The number of rotatable bonds is 3. The van der Waals surface area contributed by atoms with Crippen molar-refractivity contribution in [2.75, 3.05) is 0 Å². The fourth-order valence-corrected chi connectivity index (χ4v) is 6.33. The third-order valence-electron chi connectivity index (χ3n) is 7.68. The summed E-state index contributed by atoms with van der Waals surface area (Å²) >= 11 is 0. The van der Waals surface area contributed by atoms with Gasteiger partial charge in [0.2, 0.25) is 0 Å². The second kappa shape index (κ2) is 4.48. The van der Waals surface area contributed by atoms with Crippen LogP contribution in [0.15, 0.2) is 0 Å². The Morgan fingerprint density at radius 3 is 2.35 bits per heavy atom. The van der Waals surface area contributed by atoms with Gasteiger partial charge in [0.05, 0.1) is 0 Å². The van der Waals surface area contributed by atoms with Crippen LogP contribution in [0, 0.1) is 28.6 Å². The van der Waals surface area contributed by atoms with E-state index in [4.69, 9.17) is 0 Å². The molecule has 4 aliphatic rings. The van der Waals surface area contributed by atoms with Gasteiger partial charge < -0.3 is 5.32 Å². The van der Waals surface area contributed by atoms with E-state index in [-0.39, 0.29) is 0 Å². The molecule has 0 aromatic carbocycles. The lowest BCUT2D eigenvalue weighted by atomic mass is 9.67. The summed E-state index contributed by atoms with van der Waals surface area (Å²) in [6.07, 6.45) is 13.4. The van der Waals surface area contributed by atoms with E-state index in [2.05, 4.69) is 26.1 Å². The maximum Gasteiger partial charge on any atom is 0.0177 e. The van der Waals surface area contributed by atoms with Gasteiger partial charge in [0.25, 0.3) is 0 Å². The molecule has 1 heteroatoms. The Labute approximate surface area is 125 Å². The molecule has 4 rings (SSSR count). The summed E-state index contributed by atoms with van der Waals surface area (Å²) in [6, 6.07) is 1.60. The van der Waals surface area contributed by atoms with E-state index >= 15 is 0 Å². The van der Waals surface area contributed by atoms with E-state index in [0.717, 1.165) is 29.8 Å². The van der Waals surface area contributed by atoms with Crippen LogP contribution in [0.4, 0.5) is 0 Å². The van der Waals surface area contributed by atoms with Crippen molar-refractivity contribution in [3.8, 4) is 0 Å². The molecule has 0 spiro atoms. The normalized spacial score (nSPS) is 50.5. The molecule has 0 aromatic heterocycles. The van der Waals surface area contributed by atoms with E-state index in [1.807, 2.05) is 0 Å². The Morgan fingerprint density at radius 2 is 1.70 bits per heavy atom. The van der Waals surface area contributed by atoms with Gasteiger partial charge in [-0.25, -0.2) is 0 Å². The van der Waals surface area contributed by atoms with Crippen molar-refractivity contribution in [2.45, 2.75) is 90.6 Å². The third-order valence-corrected chi connectivity index (χ3v) is 7.68. The molecule has 0 aromatic rings. The topological polar surface area (TPSA) is 12.0 Å². The molecular weight excluding hydrogens is 242 g/mol. The molecule has 1 nitrogen and oxygen atoms in total. The second-order valence-electron chi connectivity index (χ2n) is 9.48. The van der Waals surface area contributed by atoms with Crippen LogP contribution >= 0.6 is 0 Å². The molecule has 114 valence electrons. The largest absolute Gasteiger partial charge is 0.310 e. The van der Waals surface area contributed by atoms with Crippen LogP contribution in [0.5, 0.6) is 0 Å². The molecule has 0 aliphatic heterocycles. The zero-order valence-corrected chi connectivity index (χ0v) is 13.8. The molecule has 5 atom stereocenters. The van der Waals surface area contributed by atoms with Gasteiger partial charge in [-0.15, -0.1) is 0 Å². The first kappa shape index (κ1) is 13.6. The molecule has 4 saturated carbocycles. The minimum absolute atomic E-state index is 0.527. The molecule has 5 unspecified atom stereocenters. The van der Waals surface area contributed by atoms with Crippen molar-refractivity contribution < 1.29 is 0 Å². The lowest BCUT2D eigenvalue weighted by molar-refractivity contribution is 0.0862. The second-order valence-corrected chi connectivity index (χ2v) is 9.48. The first-order valence-corrected chi connectivity index (χ1v) is 9.25. The van der Waals surface area contributed by atoms with Crippen LogP contribution in [0.3, 0.4) is 0 Å². The van der Waals surface area contributed by atoms with Crippen LogP contribution in [0.25, 0.3) is 0 Å². The van der Waals surface area contributed by atoms with Gasteiger partial charge in [0.1, 0.15) is 0 Å². The highest BCUT2D eigenvalue weighted by molar-refractivity contribution is 5.12. The predicted molar refractivity (Wildman–Crippen MR) is 84.6 cm³/mol. The van der Waals surface area contributed by atoms with E-state index in [9.17, 15) is 0 Å². The Bertz CT molecular complexity index is 378. The number of nitrogens with one attached hydrogen (secondary N) is 1. The Morgan fingerprint density at radius 1 is 0.900 bits per heavy atom. The minimum Gasteiger partial charge on any atom is -0.310 e. The highest BCUT2D eigenvalue weighted by Gasteiger charge is 2.59. The van der Waals surface area contributed by atoms with Gasteiger partial charge in [-0.1, -0.05) is 33.6 Å². The fourth-order valence-electron chi connectivity index (χ4n) is 6.33. The Hall–Kier alpha value is -0.0400. The molecule has 20 heavy (non-hydrogen) atoms. The van der Waals surface area contributed by atoms with Gasteiger partial charge in [0.15, 0.2) is 0 Å². The van der Waals surface area contributed by atoms with Gasteiger partial charge >= 0.3 is 0 Å². The summed E-state index contributed by atoms with van der Waals surface area (Å²) in [5.41, 5.74) is 1.13. The molecule has 4 fully saturated rings. The van der Waals surface area contributed by atoms with Gasteiger partial charge in [-0.2, -0.15) is 0 Å². The molecule has 0 radical (unpaired) electrons. The summed E-state index contributed by atoms with van der Waals surface area (Å²) in [5.74, 6) is 3.16. The van der Waals surface area contributed by atoms with Gasteiger partial charge in [0, 0.05) is 12.1 Å². The Balaban J connectivity index is 1.45. The minimum atomic E-state index is 0.527. The maximum atomic E-state index is 4.19. The lowest BCUT2D eigenvalue weighted by Crippen LogP contribution is -2.54. The van der Waals surface area contributed by atoms with Crippen LogP contribution in [0.1, 0.15) is 78.6 Å². The lowest BCUT2D eigenvalue weighted by Gasteiger charge is -2.46. The molecule has 1 N–H and O–H groups in total. The summed E-state index contributed by atoms with van der Waals surface area (Å²) in [5, 5.41) is 4.19. The monoisotopic (exact) mass is 275 g/mol. The zero-order valence-electron chi connectivity index (χ0n) is 13.8. The van der Waals surface area contributed by atoms with Crippen molar-refractivity contribution in [1.29, 1.82) is 0 Å². The highest BCUT2D eigenvalue weighted by atomic mass is 15.0. The highest BCUT2D eigenvalue weighted by Crippen LogP contribution is 2.62. The Kier molecular flexibility index (Phi) is 3.05. The first-order chi connectivity index (χ1) is 9.49. The average Bonchev–Trinajstić information content (AvgIpc) is 3.15. The molecule has 4 aliphatic carbocycles. The van der Waals surface area contributed by atoms with Crippen molar-refractivity contribution in [2.24, 2.45) is 28.6 Å². The van der Waals surface area contributed by atoms with E-state index in [1.54, 1.807) is 0 Å². The van der Waals surface area contributed by atoms with Crippen LogP contribution in [0.2, 0.25) is 0 Å². The quantitative estimate of drug-likeness (QED) is 0.783. The van der Waals surface area contributed by atoms with Crippen molar-refractivity contribution in [3.63, 3.8) is 0 Å². The number of fused-ring (bicyclic) bond motifs is 2. The van der Waals surface area contributed by atoms with Crippen molar-refractivity contribution in [1.82, 2.24) is 5.32 Å². The zero-order chi connectivity index (χ0) is 14.0. The summed E-state index contributed by atoms with van der Waals surface area (Å²) in [7, 11) is 0. The smallest absolute Gasteiger partial charge is 0.0177 e. The van der Waals surface area contributed by atoms with Crippen molar-refractivity contribution >= 4 is 0 Å². The van der Waals surface area contributed by atoms with E-state index in [0.29, 0.717) is 10.8 Å². The van der Waals surface area contributed by atoms with Crippen LogP contribution in [-0.2, 0) is 0 Å². The predicted octanol–water partition coefficient (Wildman–Crippen LogP) is 4.76. The molecule has 2 bridgehead atoms. The third kappa shape index (κ3) is 2.07. The summed E-state index contributed by atoms with van der Waals surface area (Å²) < 4.78 is 0. The average molecular weight is 275 g/mol.